The van der Waals surface area contributed by atoms with Gasteiger partial charge in [0.2, 0.25) is 5.82 Å². The van der Waals surface area contributed by atoms with Crippen LogP contribution in [-0.2, 0) is 0 Å². The van der Waals surface area contributed by atoms with E-state index in [-0.39, 0.29) is 5.56 Å². The van der Waals surface area contributed by atoms with Gasteiger partial charge in [-0.2, -0.15) is 10.3 Å². The van der Waals surface area contributed by atoms with Crippen LogP contribution in [0.3, 0.4) is 0 Å². The topological polar surface area (TPSA) is 105 Å². The Morgan fingerprint density at radius 1 is 0.960 bits per heavy atom. The Morgan fingerprint density at radius 2 is 1.84 bits per heavy atom. The highest BCUT2D eigenvalue weighted by atomic mass is 16.1. The molecule has 2 aromatic carbocycles. The Bertz CT molecular complexity index is 1270. The number of aromatic nitrogens is 7. The summed E-state index contributed by atoms with van der Waals surface area (Å²) >= 11 is 0. The van der Waals surface area contributed by atoms with Gasteiger partial charge in [0.1, 0.15) is 5.65 Å². The van der Waals surface area contributed by atoms with Crippen LogP contribution in [0.15, 0.2) is 59.4 Å². The van der Waals surface area contributed by atoms with Crippen molar-refractivity contribution >= 4 is 16.6 Å². The van der Waals surface area contributed by atoms with E-state index in [1.54, 1.807) is 10.6 Å². The predicted molar refractivity (Wildman–Crippen MR) is 91.9 cm³/mol. The van der Waals surface area contributed by atoms with Gasteiger partial charge in [-0.1, -0.05) is 30.3 Å². The number of benzene rings is 2. The number of fused-ring (bicyclic) bond motifs is 3. The number of tetrazole rings is 1. The Hall–Kier alpha value is -3.81. The van der Waals surface area contributed by atoms with Crippen LogP contribution in [0, 0.1) is 0 Å². The number of rotatable bonds is 2. The minimum absolute atomic E-state index is 0.130. The molecule has 0 aliphatic heterocycles. The van der Waals surface area contributed by atoms with Gasteiger partial charge in [0.05, 0.1) is 16.6 Å². The second-order valence-corrected chi connectivity index (χ2v) is 5.61. The summed E-state index contributed by atoms with van der Waals surface area (Å²) in [5.41, 5.74) is 3.76. The van der Waals surface area contributed by atoms with E-state index in [1.807, 2.05) is 48.5 Å². The van der Waals surface area contributed by atoms with E-state index in [9.17, 15) is 4.79 Å². The molecule has 0 atom stereocenters. The van der Waals surface area contributed by atoms with Crippen LogP contribution in [0.1, 0.15) is 0 Å². The second-order valence-electron chi connectivity index (χ2n) is 5.61. The van der Waals surface area contributed by atoms with E-state index >= 15 is 0 Å². The van der Waals surface area contributed by atoms with E-state index in [1.165, 1.54) is 0 Å². The molecule has 3 aromatic heterocycles. The number of hydrogen-bond donors (Lipinski definition) is 2. The van der Waals surface area contributed by atoms with Gasteiger partial charge in [-0.05, 0) is 23.4 Å². The Kier molecular flexibility index (Phi) is 2.78. The molecule has 0 aliphatic rings. The van der Waals surface area contributed by atoms with Crippen LogP contribution < -0.4 is 5.56 Å². The highest BCUT2D eigenvalue weighted by Crippen LogP contribution is 2.24. The van der Waals surface area contributed by atoms with E-state index in [0.717, 1.165) is 22.3 Å². The summed E-state index contributed by atoms with van der Waals surface area (Å²) in [6, 6.07) is 16.9. The molecule has 0 fully saturated rings. The molecule has 25 heavy (non-hydrogen) atoms. The van der Waals surface area contributed by atoms with E-state index in [0.29, 0.717) is 16.9 Å². The lowest BCUT2D eigenvalue weighted by Crippen LogP contribution is -2.09. The highest BCUT2D eigenvalue weighted by molar-refractivity contribution is 5.81. The summed E-state index contributed by atoms with van der Waals surface area (Å²) in [5, 5.41) is 19.3. The largest absolute Gasteiger partial charge is 0.306 e. The first-order valence-electron chi connectivity index (χ1n) is 7.65. The molecular weight excluding hydrogens is 318 g/mol. The zero-order valence-electron chi connectivity index (χ0n) is 12.8. The second kappa shape index (κ2) is 5.10. The Morgan fingerprint density at radius 3 is 2.72 bits per heavy atom. The van der Waals surface area contributed by atoms with Gasteiger partial charge in [-0.25, -0.2) is 4.52 Å². The monoisotopic (exact) mass is 329 g/mol. The molecule has 0 aliphatic carbocycles. The normalized spacial score (nSPS) is 11.4. The van der Waals surface area contributed by atoms with Gasteiger partial charge in [0, 0.05) is 17.2 Å². The van der Waals surface area contributed by atoms with Gasteiger partial charge in [0.25, 0.3) is 5.56 Å². The summed E-state index contributed by atoms with van der Waals surface area (Å²) in [5.74, 6) is 0.518. The molecule has 2 N–H and O–H groups in total. The zero-order valence-corrected chi connectivity index (χ0v) is 12.8. The number of H-pyrrole nitrogens is 2. The average Bonchev–Trinajstić information content (AvgIpc) is 3.32. The molecule has 5 rings (SSSR count). The minimum atomic E-state index is -0.130. The van der Waals surface area contributed by atoms with Gasteiger partial charge >= 0.3 is 0 Å². The molecule has 0 spiro atoms. The molecule has 8 nitrogen and oxygen atoms in total. The summed E-state index contributed by atoms with van der Waals surface area (Å²) in [4.78, 5) is 15.1. The highest BCUT2D eigenvalue weighted by Gasteiger charge is 2.11. The summed E-state index contributed by atoms with van der Waals surface area (Å²) < 4.78 is 1.74. The maximum Gasteiger partial charge on any atom is 0.259 e. The molecule has 3 heterocycles. The van der Waals surface area contributed by atoms with E-state index in [2.05, 4.69) is 30.7 Å². The van der Waals surface area contributed by atoms with Crippen LogP contribution in [-0.4, -0.2) is 35.2 Å². The third-order valence-electron chi connectivity index (χ3n) is 4.09. The average molecular weight is 329 g/mol. The molecule has 0 bridgehead atoms. The maximum absolute atomic E-state index is 12.2. The summed E-state index contributed by atoms with van der Waals surface area (Å²) in [6.07, 6.45) is 0. The molecule has 0 saturated heterocycles. The van der Waals surface area contributed by atoms with Gasteiger partial charge in [-0.3, -0.25) is 4.79 Å². The quantitative estimate of drug-likeness (QED) is 0.515. The minimum Gasteiger partial charge on any atom is -0.306 e. The molecule has 0 saturated carbocycles. The van der Waals surface area contributed by atoms with Crippen molar-refractivity contribution in [2.75, 3.05) is 0 Å². The van der Waals surface area contributed by atoms with Gasteiger partial charge in [0.15, 0.2) is 0 Å². The van der Waals surface area contributed by atoms with Gasteiger partial charge < -0.3 is 4.98 Å². The lowest BCUT2D eigenvalue weighted by atomic mass is 10.1. The molecule has 120 valence electrons. The number of nitrogens with one attached hydrogen (secondary N) is 2. The van der Waals surface area contributed by atoms with Crippen LogP contribution in [0.4, 0.5) is 0 Å². The number of hydrogen-bond acceptors (Lipinski definition) is 5. The van der Waals surface area contributed by atoms with E-state index < -0.39 is 0 Å². The fraction of sp³-hybridized carbons (Fsp3) is 0. The number of aromatic amines is 2. The zero-order chi connectivity index (χ0) is 16.8. The third kappa shape index (κ3) is 2.12. The lowest BCUT2D eigenvalue weighted by Gasteiger charge is -2.00. The fourth-order valence-electron chi connectivity index (χ4n) is 2.93. The SMILES string of the molecule is O=c1[nH]c2cc(-c3cccc(-c4nn[nH]n4)c3)nn2c2ccccc12. The van der Waals surface area contributed by atoms with Crippen molar-refractivity contribution in [1.82, 2.24) is 35.2 Å². The first-order chi connectivity index (χ1) is 12.3. The van der Waals surface area contributed by atoms with E-state index in [4.69, 9.17) is 0 Å². The third-order valence-corrected chi connectivity index (χ3v) is 4.09. The summed E-state index contributed by atoms with van der Waals surface area (Å²) in [6.45, 7) is 0. The number of para-hydroxylation sites is 1. The molecule has 0 amide bonds. The van der Waals surface area contributed by atoms with Crippen molar-refractivity contribution in [2.24, 2.45) is 0 Å². The standard InChI is InChI=1S/C17H11N7O/c25-17-12-6-1-2-7-14(12)24-15(18-17)9-13(21-24)10-4-3-5-11(8-10)16-19-22-23-20-16/h1-9H,(H,18,25)(H,19,20,22,23). The Labute approximate surface area is 140 Å². The van der Waals surface area contributed by atoms with Crippen LogP contribution >= 0.6 is 0 Å². The van der Waals surface area contributed by atoms with Crippen molar-refractivity contribution in [3.8, 4) is 22.6 Å². The first kappa shape index (κ1) is 13.6. The van der Waals surface area contributed by atoms with Crippen molar-refractivity contribution in [3.63, 3.8) is 0 Å². The molecule has 0 radical (unpaired) electrons. The molecule has 8 heteroatoms. The lowest BCUT2D eigenvalue weighted by molar-refractivity contribution is 0.881. The number of nitrogens with zero attached hydrogens (tertiary/aromatic N) is 5. The van der Waals surface area contributed by atoms with Gasteiger partial charge in [-0.15, -0.1) is 10.2 Å². The van der Waals surface area contributed by atoms with Crippen molar-refractivity contribution < 1.29 is 0 Å². The maximum atomic E-state index is 12.2. The molecule has 5 aromatic rings. The van der Waals surface area contributed by atoms with Crippen molar-refractivity contribution in [3.05, 3.63) is 65.0 Å². The molecule has 0 unspecified atom stereocenters. The molecular formula is C17H11N7O. The van der Waals surface area contributed by atoms with Crippen LogP contribution in [0.25, 0.3) is 39.2 Å². The van der Waals surface area contributed by atoms with Crippen molar-refractivity contribution in [2.45, 2.75) is 0 Å². The smallest absolute Gasteiger partial charge is 0.259 e. The first-order valence-corrected chi connectivity index (χ1v) is 7.65. The van der Waals surface area contributed by atoms with Crippen LogP contribution in [0.2, 0.25) is 0 Å². The predicted octanol–water partition coefficient (Wildman–Crippen LogP) is 2.02. The fourth-order valence-corrected chi connectivity index (χ4v) is 2.93. The van der Waals surface area contributed by atoms with Crippen molar-refractivity contribution in [1.29, 1.82) is 0 Å². The summed E-state index contributed by atoms with van der Waals surface area (Å²) in [7, 11) is 0. The Balaban J connectivity index is 1.73. The van der Waals surface area contributed by atoms with Crippen LogP contribution in [0.5, 0.6) is 0 Å².